The van der Waals surface area contributed by atoms with Crippen LogP contribution in [0.3, 0.4) is 0 Å². The molecule has 120 valence electrons. The van der Waals surface area contributed by atoms with Crippen LogP contribution in [-0.2, 0) is 0 Å². The van der Waals surface area contributed by atoms with Crippen LogP contribution in [0.5, 0.6) is 0 Å². The molecular formula is C17H37N3. The van der Waals surface area contributed by atoms with Crippen LogP contribution in [0.1, 0.15) is 46.5 Å². The Bertz CT molecular complexity index is 245. The highest BCUT2D eigenvalue weighted by molar-refractivity contribution is 4.84. The molecule has 2 N–H and O–H groups in total. The minimum atomic E-state index is 0.588. The normalized spacial score (nSPS) is 25.6. The molecule has 0 aromatic carbocycles. The van der Waals surface area contributed by atoms with E-state index in [1.165, 1.54) is 32.2 Å². The topological polar surface area (TPSA) is 32.5 Å². The summed E-state index contributed by atoms with van der Waals surface area (Å²) in [5, 5.41) is 0. The van der Waals surface area contributed by atoms with Gasteiger partial charge in [0, 0.05) is 32.2 Å². The third kappa shape index (κ3) is 6.11. The monoisotopic (exact) mass is 283 g/mol. The van der Waals surface area contributed by atoms with Gasteiger partial charge < -0.3 is 10.6 Å². The molecule has 1 rings (SSSR count). The van der Waals surface area contributed by atoms with Crippen molar-refractivity contribution in [2.45, 2.75) is 52.5 Å². The summed E-state index contributed by atoms with van der Waals surface area (Å²) >= 11 is 0. The van der Waals surface area contributed by atoms with Crippen molar-refractivity contribution < 1.29 is 0 Å². The van der Waals surface area contributed by atoms with Crippen LogP contribution in [0.25, 0.3) is 0 Å². The first-order chi connectivity index (χ1) is 9.43. The van der Waals surface area contributed by atoms with E-state index < -0.39 is 0 Å². The maximum absolute atomic E-state index is 6.17. The van der Waals surface area contributed by atoms with Crippen molar-refractivity contribution in [3.63, 3.8) is 0 Å². The van der Waals surface area contributed by atoms with Crippen molar-refractivity contribution in [1.82, 2.24) is 9.80 Å². The fourth-order valence-corrected chi connectivity index (χ4v) is 3.50. The van der Waals surface area contributed by atoms with Crippen molar-refractivity contribution in [2.75, 3.05) is 40.3 Å². The lowest BCUT2D eigenvalue weighted by atomic mass is 9.78. The van der Waals surface area contributed by atoms with Crippen molar-refractivity contribution in [2.24, 2.45) is 23.5 Å². The zero-order chi connectivity index (χ0) is 15.1. The van der Waals surface area contributed by atoms with Crippen LogP contribution in [0.15, 0.2) is 0 Å². The second kappa shape index (κ2) is 9.01. The van der Waals surface area contributed by atoms with Gasteiger partial charge in [-0.25, -0.2) is 0 Å². The first-order valence-electron chi connectivity index (χ1n) is 8.52. The van der Waals surface area contributed by atoms with Gasteiger partial charge in [0.25, 0.3) is 0 Å². The van der Waals surface area contributed by atoms with E-state index >= 15 is 0 Å². The largest absolute Gasteiger partial charge is 0.329 e. The molecule has 0 aromatic rings. The van der Waals surface area contributed by atoms with Gasteiger partial charge in [-0.2, -0.15) is 0 Å². The first kappa shape index (κ1) is 17.9. The number of nitrogens with zero attached hydrogens (tertiary/aromatic N) is 2. The molecule has 1 atom stereocenters. The molecule has 0 amide bonds. The molecule has 1 aliphatic rings. The number of hydrogen-bond acceptors (Lipinski definition) is 3. The standard InChI is InChI=1S/C17H37N3/c1-14(2)13-20(11-10-19(4)5)17(12-18)16-8-6-15(3)7-9-16/h14-17H,6-13,18H2,1-5H3. The maximum Gasteiger partial charge on any atom is 0.0247 e. The minimum Gasteiger partial charge on any atom is -0.329 e. The molecule has 0 aliphatic heterocycles. The Morgan fingerprint density at radius 2 is 1.65 bits per heavy atom. The van der Waals surface area contributed by atoms with Crippen LogP contribution in [0.2, 0.25) is 0 Å². The molecule has 1 fully saturated rings. The van der Waals surface area contributed by atoms with Crippen LogP contribution in [0, 0.1) is 17.8 Å². The zero-order valence-electron chi connectivity index (χ0n) is 14.4. The molecule has 0 spiro atoms. The lowest BCUT2D eigenvalue weighted by Gasteiger charge is -2.40. The van der Waals surface area contributed by atoms with E-state index in [9.17, 15) is 0 Å². The highest BCUT2D eigenvalue weighted by Crippen LogP contribution is 2.32. The van der Waals surface area contributed by atoms with Crippen LogP contribution in [-0.4, -0.2) is 56.1 Å². The number of nitrogens with two attached hydrogens (primary N) is 1. The Hall–Kier alpha value is -0.120. The van der Waals surface area contributed by atoms with Gasteiger partial charge in [0.2, 0.25) is 0 Å². The van der Waals surface area contributed by atoms with Gasteiger partial charge >= 0.3 is 0 Å². The molecule has 3 heteroatoms. The van der Waals surface area contributed by atoms with Crippen LogP contribution >= 0.6 is 0 Å². The molecule has 3 nitrogen and oxygen atoms in total. The van der Waals surface area contributed by atoms with Gasteiger partial charge in [-0.1, -0.05) is 33.6 Å². The van der Waals surface area contributed by atoms with E-state index in [2.05, 4.69) is 44.7 Å². The Kier molecular flexibility index (Phi) is 8.08. The predicted molar refractivity (Wildman–Crippen MR) is 88.9 cm³/mol. The quantitative estimate of drug-likeness (QED) is 0.743. The van der Waals surface area contributed by atoms with E-state index in [0.717, 1.165) is 31.5 Å². The van der Waals surface area contributed by atoms with Crippen LogP contribution < -0.4 is 5.73 Å². The molecule has 1 unspecified atom stereocenters. The molecule has 1 aliphatic carbocycles. The Labute approximate surface area is 126 Å². The van der Waals surface area contributed by atoms with E-state index in [1.54, 1.807) is 0 Å². The second-order valence-corrected chi connectivity index (χ2v) is 7.52. The molecular weight excluding hydrogens is 246 g/mol. The van der Waals surface area contributed by atoms with Gasteiger partial charge in [-0.15, -0.1) is 0 Å². The predicted octanol–water partition coefficient (Wildman–Crippen LogP) is 2.66. The van der Waals surface area contributed by atoms with E-state index in [1.807, 2.05) is 0 Å². The van der Waals surface area contributed by atoms with Crippen molar-refractivity contribution in [3.8, 4) is 0 Å². The average Bonchev–Trinajstić information content (AvgIpc) is 2.38. The maximum atomic E-state index is 6.17. The number of rotatable bonds is 8. The number of hydrogen-bond donors (Lipinski definition) is 1. The third-order valence-electron chi connectivity index (χ3n) is 4.75. The Balaban J connectivity index is 2.63. The van der Waals surface area contributed by atoms with Gasteiger partial charge in [-0.05, 0) is 44.7 Å². The van der Waals surface area contributed by atoms with E-state index in [0.29, 0.717) is 12.0 Å². The lowest BCUT2D eigenvalue weighted by molar-refractivity contribution is 0.0936. The molecule has 0 saturated heterocycles. The SMILES string of the molecule is CC(C)CN(CCN(C)C)C(CN)C1CCC(C)CC1. The second-order valence-electron chi connectivity index (χ2n) is 7.52. The van der Waals surface area contributed by atoms with Gasteiger partial charge in [-0.3, -0.25) is 4.90 Å². The molecule has 0 bridgehead atoms. The lowest BCUT2D eigenvalue weighted by Crippen LogP contribution is -2.50. The molecule has 0 radical (unpaired) electrons. The van der Waals surface area contributed by atoms with Gasteiger partial charge in [0.1, 0.15) is 0 Å². The molecule has 20 heavy (non-hydrogen) atoms. The van der Waals surface area contributed by atoms with Crippen molar-refractivity contribution in [1.29, 1.82) is 0 Å². The van der Waals surface area contributed by atoms with E-state index in [4.69, 9.17) is 5.73 Å². The minimum absolute atomic E-state index is 0.588. The summed E-state index contributed by atoms with van der Waals surface area (Å²) < 4.78 is 0. The number of likely N-dealkylation sites (N-methyl/N-ethyl adjacent to an activating group) is 1. The summed E-state index contributed by atoms with van der Waals surface area (Å²) in [4.78, 5) is 4.95. The summed E-state index contributed by atoms with van der Waals surface area (Å²) in [6, 6.07) is 0.588. The fraction of sp³-hybridized carbons (Fsp3) is 1.00. The first-order valence-corrected chi connectivity index (χ1v) is 8.52. The van der Waals surface area contributed by atoms with Crippen molar-refractivity contribution in [3.05, 3.63) is 0 Å². The zero-order valence-corrected chi connectivity index (χ0v) is 14.4. The average molecular weight is 284 g/mol. The summed E-state index contributed by atoms with van der Waals surface area (Å²) in [5.41, 5.74) is 6.17. The Morgan fingerprint density at radius 3 is 2.10 bits per heavy atom. The third-order valence-corrected chi connectivity index (χ3v) is 4.75. The molecule has 0 aromatic heterocycles. The highest BCUT2D eigenvalue weighted by atomic mass is 15.2. The summed E-state index contributed by atoms with van der Waals surface area (Å²) in [5.74, 6) is 2.45. The van der Waals surface area contributed by atoms with Gasteiger partial charge in [0.15, 0.2) is 0 Å². The summed E-state index contributed by atoms with van der Waals surface area (Å²) in [7, 11) is 4.32. The van der Waals surface area contributed by atoms with Crippen molar-refractivity contribution >= 4 is 0 Å². The summed E-state index contributed by atoms with van der Waals surface area (Å²) in [6.45, 7) is 11.3. The van der Waals surface area contributed by atoms with Gasteiger partial charge in [0.05, 0.1) is 0 Å². The summed E-state index contributed by atoms with van der Waals surface area (Å²) in [6.07, 6.45) is 5.54. The Morgan fingerprint density at radius 1 is 1.05 bits per heavy atom. The highest BCUT2D eigenvalue weighted by Gasteiger charge is 2.29. The van der Waals surface area contributed by atoms with Crippen LogP contribution in [0.4, 0.5) is 0 Å². The fourth-order valence-electron chi connectivity index (χ4n) is 3.50. The molecule has 0 heterocycles. The molecule has 1 saturated carbocycles. The smallest absolute Gasteiger partial charge is 0.0247 e. The van der Waals surface area contributed by atoms with E-state index in [-0.39, 0.29) is 0 Å².